The molecule has 20 heavy (non-hydrogen) atoms. The number of rotatable bonds is 3. The van der Waals surface area contributed by atoms with Crippen molar-refractivity contribution in [3.05, 3.63) is 70.8 Å². The SMILES string of the molecule is CO/C(=N\N=C\c1ccc(C)cc1)c1ccc(C)cc1. The molecule has 0 aromatic heterocycles. The lowest BCUT2D eigenvalue weighted by Crippen LogP contribution is -2.02. The summed E-state index contributed by atoms with van der Waals surface area (Å²) in [5.41, 5.74) is 4.35. The third kappa shape index (κ3) is 3.79. The molecule has 0 fully saturated rings. The monoisotopic (exact) mass is 266 g/mol. The Bertz CT molecular complexity index is 610. The summed E-state index contributed by atoms with van der Waals surface area (Å²) >= 11 is 0. The quantitative estimate of drug-likeness (QED) is 0.473. The summed E-state index contributed by atoms with van der Waals surface area (Å²) in [6, 6.07) is 16.1. The summed E-state index contributed by atoms with van der Waals surface area (Å²) in [6.45, 7) is 4.10. The number of nitrogens with zero attached hydrogens (tertiary/aromatic N) is 2. The molecule has 0 N–H and O–H groups in total. The molecule has 2 rings (SSSR count). The van der Waals surface area contributed by atoms with Gasteiger partial charge in [0.2, 0.25) is 5.90 Å². The van der Waals surface area contributed by atoms with Crippen LogP contribution < -0.4 is 0 Å². The molecule has 2 aromatic rings. The molecule has 0 saturated carbocycles. The standard InChI is InChI=1S/C17H18N2O/c1-13-4-8-15(9-5-13)12-18-19-17(20-3)16-10-6-14(2)7-11-16/h4-12H,1-3H3/b18-12+,19-17-. The highest BCUT2D eigenvalue weighted by Crippen LogP contribution is 2.06. The van der Waals surface area contributed by atoms with Crippen LogP contribution in [0.2, 0.25) is 0 Å². The van der Waals surface area contributed by atoms with Crippen molar-refractivity contribution < 1.29 is 4.74 Å². The fourth-order valence-electron chi connectivity index (χ4n) is 1.71. The molecule has 0 heterocycles. The van der Waals surface area contributed by atoms with Gasteiger partial charge in [-0.1, -0.05) is 47.5 Å². The Morgan fingerprint density at radius 2 is 1.45 bits per heavy atom. The number of methoxy groups -OCH3 is 1. The summed E-state index contributed by atoms with van der Waals surface area (Å²) in [7, 11) is 1.60. The van der Waals surface area contributed by atoms with Crippen molar-refractivity contribution in [2.45, 2.75) is 13.8 Å². The van der Waals surface area contributed by atoms with E-state index in [-0.39, 0.29) is 0 Å². The third-order valence-electron chi connectivity index (χ3n) is 2.92. The average Bonchev–Trinajstić information content (AvgIpc) is 2.47. The van der Waals surface area contributed by atoms with Crippen LogP contribution in [0.25, 0.3) is 0 Å². The second-order valence-electron chi connectivity index (χ2n) is 4.63. The minimum absolute atomic E-state index is 0.508. The van der Waals surface area contributed by atoms with Gasteiger partial charge in [0.1, 0.15) is 0 Å². The summed E-state index contributed by atoms with van der Waals surface area (Å²) in [5.74, 6) is 0.508. The van der Waals surface area contributed by atoms with Gasteiger partial charge < -0.3 is 4.74 Å². The van der Waals surface area contributed by atoms with Crippen molar-refractivity contribution in [3.8, 4) is 0 Å². The molecule has 3 nitrogen and oxygen atoms in total. The molecule has 0 aliphatic rings. The van der Waals surface area contributed by atoms with Gasteiger partial charge in [-0.2, -0.15) is 5.10 Å². The maximum absolute atomic E-state index is 5.27. The van der Waals surface area contributed by atoms with Crippen molar-refractivity contribution in [3.63, 3.8) is 0 Å². The van der Waals surface area contributed by atoms with Crippen LogP contribution in [0.1, 0.15) is 22.3 Å². The van der Waals surface area contributed by atoms with E-state index in [1.807, 2.05) is 55.5 Å². The lowest BCUT2D eigenvalue weighted by atomic mass is 10.1. The summed E-state index contributed by atoms with van der Waals surface area (Å²) < 4.78 is 5.27. The van der Waals surface area contributed by atoms with Crippen molar-refractivity contribution in [1.82, 2.24) is 0 Å². The van der Waals surface area contributed by atoms with Crippen molar-refractivity contribution >= 4 is 12.1 Å². The van der Waals surface area contributed by atoms with Crippen molar-refractivity contribution in [2.24, 2.45) is 10.2 Å². The van der Waals surface area contributed by atoms with Crippen LogP contribution in [0, 0.1) is 13.8 Å². The Labute approximate surface area is 119 Å². The normalized spacial score (nSPS) is 11.8. The molecule has 0 aliphatic carbocycles. The van der Waals surface area contributed by atoms with E-state index in [1.165, 1.54) is 11.1 Å². The van der Waals surface area contributed by atoms with E-state index in [9.17, 15) is 0 Å². The van der Waals surface area contributed by atoms with E-state index in [2.05, 4.69) is 17.1 Å². The zero-order valence-electron chi connectivity index (χ0n) is 12.0. The van der Waals surface area contributed by atoms with Crippen LogP contribution in [-0.4, -0.2) is 19.2 Å². The van der Waals surface area contributed by atoms with Crippen molar-refractivity contribution in [2.75, 3.05) is 7.11 Å². The van der Waals surface area contributed by atoms with E-state index in [0.29, 0.717) is 5.90 Å². The molecular weight excluding hydrogens is 248 g/mol. The van der Waals surface area contributed by atoms with E-state index >= 15 is 0 Å². The van der Waals surface area contributed by atoms with Crippen LogP contribution in [-0.2, 0) is 4.74 Å². The average molecular weight is 266 g/mol. The Morgan fingerprint density at radius 1 is 0.900 bits per heavy atom. The first-order valence-electron chi connectivity index (χ1n) is 6.48. The molecule has 0 aliphatic heterocycles. The smallest absolute Gasteiger partial charge is 0.240 e. The van der Waals surface area contributed by atoms with Gasteiger partial charge in [0.25, 0.3) is 0 Å². The van der Waals surface area contributed by atoms with Gasteiger partial charge in [0, 0.05) is 5.56 Å². The molecule has 0 bridgehead atoms. The first-order chi connectivity index (χ1) is 9.69. The van der Waals surface area contributed by atoms with Gasteiger partial charge in [-0.25, -0.2) is 0 Å². The Hall–Kier alpha value is -2.42. The number of benzene rings is 2. The molecule has 102 valence electrons. The number of aryl methyl sites for hydroxylation is 2. The summed E-state index contributed by atoms with van der Waals surface area (Å²) in [5, 5.41) is 8.20. The maximum Gasteiger partial charge on any atom is 0.240 e. The van der Waals surface area contributed by atoms with E-state index < -0.39 is 0 Å². The first kappa shape index (κ1) is 14.0. The topological polar surface area (TPSA) is 34.0 Å². The molecule has 0 unspecified atom stereocenters. The predicted octanol–water partition coefficient (Wildman–Crippen LogP) is 3.73. The molecule has 2 aromatic carbocycles. The van der Waals surface area contributed by atoms with Crippen LogP contribution >= 0.6 is 0 Å². The van der Waals surface area contributed by atoms with E-state index in [4.69, 9.17) is 4.74 Å². The van der Waals surface area contributed by atoms with Gasteiger partial charge in [-0.05, 0) is 31.5 Å². The predicted molar refractivity (Wildman–Crippen MR) is 83.5 cm³/mol. The first-order valence-corrected chi connectivity index (χ1v) is 6.48. The lowest BCUT2D eigenvalue weighted by Gasteiger charge is -2.03. The Balaban J connectivity index is 2.15. The van der Waals surface area contributed by atoms with Gasteiger partial charge >= 0.3 is 0 Å². The Morgan fingerprint density at radius 3 is 2.00 bits per heavy atom. The largest absolute Gasteiger partial charge is 0.479 e. The minimum Gasteiger partial charge on any atom is -0.479 e. The highest BCUT2D eigenvalue weighted by molar-refractivity contribution is 5.94. The number of ether oxygens (including phenoxy) is 1. The number of hydrogen-bond acceptors (Lipinski definition) is 3. The van der Waals surface area contributed by atoms with Gasteiger partial charge in [-0.15, -0.1) is 5.10 Å². The van der Waals surface area contributed by atoms with E-state index in [1.54, 1.807) is 13.3 Å². The Kier molecular flexibility index (Phi) is 4.66. The molecule has 0 atom stereocenters. The molecule has 0 spiro atoms. The maximum atomic E-state index is 5.27. The van der Waals surface area contributed by atoms with Crippen LogP contribution in [0.4, 0.5) is 0 Å². The van der Waals surface area contributed by atoms with Gasteiger partial charge in [0.05, 0.1) is 13.3 Å². The molecular formula is C17H18N2O. The number of hydrogen-bond donors (Lipinski definition) is 0. The van der Waals surface area contributed by atoms with E-state index in [0.717, 1.165) is 11.1 Å². The molecule has 0 saturated heterocycles. The summed E-state index contributed by atoms with van der Waals surface area (Å²) in [4.78, 5) is 0. The second kappa shape index (κ2) is 6.66. The van der Waals surface area contributed by atoms with Crippen LogP contribution in [0.5, 0.6) is 0 Å². The molecule has 0 radical (unpaired) electrons. The lowest BCUT2D eigenvalue weighted by molar-refractivity contribution is 0.403. The fourth-order valence-corrected chi connectivity index (χ4v) is 1.71. The van der Waals surface area contributed by atoms with Crippen molar-refractivity contribution in [1.29, 1.82) is 0 Å². The molecule has 3 heteroatoms. The third-order valence-corrected chi connectivity index (χ3v) is 2.92. The zero-order valence-corrected chi connectivity index (χ0v) is 12.0. The minimum atomic E-state index is 0.508. The second-order valence-corrected chi connectivity index (χ2v) is 4.63. The zero-order chi connectivity index (χ0) is 14.4. The van der Waals surface area contributed by atoms with Crippen LogP contribution in [0.3, 0.4) is 0 Å². The summed E-state index contributed by atoms with van der Waals surface area (Å²) in [6.07, 6.45) is 1.71. The highest BCUT2D eigenvalue weighted by Gasteiger charge is 2.01. The highest BCUT2D eigenvalue weighted by atomic mass is 16.5. The molecule has 0 amide bonds. The van der Waals surface area contributed by atoms with Gasteiger partial charge in [0.15, 0.2) is 0 Å². The van der Waals surface area contributed by atoms with Gasteiger partial charge in [-0.3, -0.25) is 0 Å². The fraction of sp³-hybridized carbons (Fsp3) is 0.176. The van der Waals surface area contributed by atoms with Crippen LogP contribution in [0.15, 0.2) is 58.7 Å².